The Morgan fingerprint density at radius 1 is 1.58 bits per heavy atom. The minimum absolute atomic E-state index is 0.870. The molecule has 12 heavy (non-hydrogen) atoms. The van der Waals surface area contributed by atoms with Crippen LogP contribution in [-0.4, -0.2) is 24.6 Å². The summed E-state index contributed by atoms with van der Waals surface area (Å²) in [7, 11) is 0. The lowest BCUT2D eigenvalue weighted by molar-refractivity contribution is 0.255. The van der Waals surface area contributed by atoms with Crippen LogP contribution in [0.5, 0.6) is 0 Å². The quantitative estimate of drug-likeness (QED) is 0.619. The number of rotatable bonds is 2. The summed E-state index contributed by atoms with van der Waals surface area (Å²) in [5.74, 6) is 1.11. The van der Waals surface area contributed by atoms with Crippen LogP contribution < -0.4 is 0 Å². The van der Waals surface area contributed by atoms with Gasteiger partial charge in [0.05, 0.1) is 12.3 Å². The lowest BCUT2D eigenvalue weighted by atomic mass is 10.2. The van der Waals surface area contributed by atoms with Crippen molar-refractivity contribution in [1.82, 2.24) is 4.90 Å². The van der Waals surface area contributed by atoms with E-state index in [0.717, 1.165) is 31.9 Å². The molecular formula is C10H15NO. The lowest BCUT2D eigenvalue weighted by Gasteiger charge is -2.26. The van der Waals surface area contributed by atoms with Crippen molar-refractivity contribution in [2.75, 3.05) is 19.7 Å². The van der Waals surface area contributed by atoms with Gasteiger partial charge in [0.2, 0.25) is 0 Å². The van der Waals surface area contributed by atoms with Gasteiger partial charge in [-0.1, -0.05) is 13.0 Å². The third-order valence-corrected chi connectivity index (χ3v) is 2.35. The monoisotopic (exact) mass is 165 g/mol. The maximum absolute atomic E-state index is 5.48. The molecule has 0 spiro atoms. The summed E-state index contributed by atoms with van der Waals surface area (Å²) in [6.07, 6.45) is 6.60. The van der Waals surface area contributed by atoms with Crippen LogP contribution in [0.1, 0.15) is 19.8 Å². The molecule has 0 amide bonds. The van der Waals surface area contributed by atoms with Crippen LogP contribution >= 0.6 is 0 Å². The highest BCUT2D eigenvalue weighted by Crippen LogP contribution is 2.26. The van der Waals surface area contributed by atoms with Crippen LogP contribution in [0.3, 0.4) is 0 Å². The molecule has 0 aliphatic carbocycles. The van der Waals surface area contributed by atoms with E-state index in [1.54, 1.807) is 0 Å². The average molecular weight is 165 g/mol. The van der Waals surface area contributed by atoms with Gasteiger partial charge in [0.1, 0.15) is 5.76 Å². The normalized spacial score (nSPS) is 21.2. The molecule has 0 saturated heterocycles. The maximum Gasteiger partial charge on any atom is 0.138 e. The van der Waals surface area contributed by atoms with Crippen LogP contribution in [0.4, 0.5) is 0 Å². The van der Waals surface area contributed by atoms with Crippen LogP contribution in [0.2, 0.25) is 0 Å². The van der Waals surface area contributed by atoms with Gasteiger partial charge in [0.15, 0.2) is 0 Å². The van der Waals surface area contributed by atoms with Crippen molar-refractivity contribution in [3.05, 3.63) is 23.6 Å². The highest BCUT2D eigenvalue weighted by Gasteiger charge is 2.21. The van der Waals surface area contributed by atoms with Crippen molar-refractivity contribution in [1.29, 1.82) is 0 Å². The Morgan fingerprint density at radius 2 is 2.50 bits per heavy atom. The molecule has 2 heteroatoms. The van der Waals surface area contributed by atoms with E-state index < -0.39 is 0 Å². The molecule has 0 N–H and O–H groups in total. The zero-order valence-corrected chi connectivity index (χ0v) is 7.55. The van der Waals surface area contributed by atoms with Gasteiger partial charge in [0.25, 0.3) is 0 Å². The third-order valence-electron chi connectivity index (χ3n) is 2.35. The minimum Gasteiger partial charge on any atom is -0.491 e. The fraction of sp³-hybridized carbons (Fsp3) is 0.600. The smallest absolute Gasteiger partial charge is 0.138 e. The van der Waals surface area contributed by atoms with Crippen molar-refractivity contribution in [3.63, 3.8) is 0 Å². The largest absolute Gasteiger partial charge is 0.491 e. The first-order chi connectivity index (χ1) is 5.92. The Kier molecular flexibility index (Phi) is 2.07. The van der Waals surface area contributed by atoms with Gasteiger partial charge >= 0.3 is 0 Å². The summed E-state index contributed by atoms with van der Waals surface area (Å²) in [5, 5.41) is 0. The Labute approximate surface area is 73.5 Å². The van der Waals surface area contributed by atoms with Gasteiger partial charge in [-0.05, 0) is 12.5 Å². The van der Waals surface area contributed by atoms with Crippen molar-refractivity contribution in [3.8, 4) is 0 Å². The van der Waals surface area contributed by atoms with Crippen LogP contribution in [0.25, 0.3) is 0 Å². The van der Waals surface area contributed by atoms with Gasteiger partial charge in [0, 0.05) is 19.5 Å². The fourth-order valence-electron chi connectivity index (χ4n) is 1.82. The molecule has 2 rings (SSSR count). The number of allylic oxidation sites excluding steroid dienone is 1. The van der Waals surface area contributed by atoms with Crippen molar-refractivity contribution in [2.24, 2.45) is 0 Å². The molecule has 0 bridgehead atoms. The molecule has 0 saturated carbocycles. The van der Waals surface area contributed by atoms with Gasteiger partial charge in [-0.15, -0.1) is 0 Å². The SMILES string of the molecule is CCCN1CC=CC2=C1CCO2. The van der Waals surface area contributed by atoms with E-state index in [0.29, 0.717) is 0 Å². The molecular weight excluding hydrogens is 150 g/mol. The molecule has 2 nitrogen and oxygen atoms in total. The first-order valence-electron chi connectivity index (χ1n) is 4.69. The van der Waals surface area contributed by atoms with Gasteiger partial charge in [-0.25, -0.2) is 0 Å². The summed E-state index contributed by atoms with van der Waals surface area (Å²) in [5.41, 5.74) is 1.42. The highest BCUT2D eigenvalue weighted by molar-refractivity contribution is 5.27. The lowest BCUT2D eigenvalue weighted by Crippen LogP contribution is -2.25. The Balaban J connectivity index is 2.13. The Morgan fingerprint density at radius 3 is 3.33 bits per heavy atom. The van der Waals surface area contributed by atoms with Crippen molar-refractivity contribution in [2.45, 2.75) is 19.8 Å². The predicted octanol–water partition coefficient (Wildman–Crippen LogP) is 1.90. The summed E-state index contributed by atoms with van der Waals surface area (Å²) < 4.78 is 5.48. The zero-order valence-electron chi connectivity index (χ0n) is 7.55. The number of hydrogen-bond acceptors (Lipinski definition) is 2. The van der Waals surface area contributed by atoms with Crippen LogP contribution in [-0.2, 0) is 4.74 Å². The van der Waals surface area contributed by atoms with Crippen molar-refractivity contribution < 1.29 is 4.74 Å². The molecule has 2 heterocycles. The van der Waals surface area contributed by atoms with E-state index in [1.807, 2.05) is 0 Å². The second-order valence-corrected chi connectivity index (χ2v) is 3.26. The maximum atomic E-state index is 5.48. The van der Waals surface area contributed by atoms with Gasteiger partial charge in [-0.3, -0.25) is 0 Å². The third kappa shape index (κ3) is 1.22. The molecule has 2 aliphatic heterocycles. The summed E-state index contributed by atoms with van der Waals surface area (Å²) in [6, 6.07) is 0. The van der Waals surface area contributed by atoms with E-state index >= 15 is 0 Å². The minimum atomic E-state index is 0.870. The average Bonchev–Trinajstić information content (AvgIpc) is 2.53. The molecule has 0 aromatic rings. The zero-order chi connectivity index (χ0) is 8.39. The Hall–Kier alpha value is -0.920. The summed E-state index contributed by atoms with van der Waals surface area (Å²) >= 11 is 0. The van der Waals surface area contributed by atoms with E-state index in [2.05, 4.69) is 24.0 Å². The summed E-state index contributed by atoms with van der Waals surface area (Å²) in [4.78, 5) is 2.42. The molecule has 2 aliphatic rings. The topological polar surface area (TPSA) is 12.5 Å². The molecule has 0 aromatic carbocycles. The molecule has 0 aromatic heterocycles. The first-order valence-corrected chi connectivity index (χ1v) is 4.69. The number of nitrogens with zero attached hydrogens (tertiary/aromatic N) is 1. The number of ether oxygens (including phenoxy) is 1. The van der Waals surface area contributed by atoms with Crippen molar-refractivity contribution >= 4 is 0 Å². The predicted molar refractivity (Wildman–Crippen MR) is 48.6 cm³/mol. The number of hydrogen-bond donors (Lipinski definition) is 0. The first kappa shape index (κ1) is 7.71. The van der Waals surface area contributed by atoms with Gasteiger partial charge in [-0.2, -0.15) is 0 Å². The van der Waals surface area contributed by atoms with Crippen LogP contribution in [0, 0.1) is 0 Å². The molecule has 0 unspecified atom stereocenters. The Bertz CT molecular complexity index is 230. The second-order valence-electron chi connectivity index (χ2n) is 3.26. The summed E-state index contributed by atoms with van der Waals surface area (Å²) in [6.45, 7) is 5.31. The molecule has 0 atom stereocenters. The molecule has 66 valence electrons. The van der Waals surface area contributed by atoms with E-state index in [1.165, 1.54) is 12.1 Å². The van der Waals surface area contributed by atoms with E-state index in [4.69, 9.17) is 4.74 Å². The fourth-order valence-corrected chi connectivity index (χ4v) is 1.82. The van der Waals surface area contributed by atoms with Crippen LogP contribution in [0.15, 0.2) is 23.6 Å². The van der Waals surface area contributed by atoms with E-state index in [9.17, 15) is 0 Å². The highest BCUT2D eigenvalue weighted by atomic mass is 16.5. The molecule has 0 radical (unpaired) electrons. The standard InChI is InChI=1S/C10H15NO/c1-2-6-11-7-3-4-10-9(11)5-8-12-10/h3-4H,2,5-8H2,1H3. The second kappa shape index (κ2) is 3.21. The van der Waals surface area contributed by atoms with Gasteiger partial charge < -0.3 is 9.64 Å². The molecule has 0 fully saturated rings. The van der Waals surface area contributed by atoms with E-state index in [-0.39, 0.29) is 0 Å².